The van der Waals surface area contributed by atoms with Crippen molar-refractivity contribution in [2.75, 3.05) is 18.0 Å². The van der Waals surface area contributed by atoms with Crippen LogP contribution in [0.3, 0.4) is 0 Å². The molecule has 7 heteroatoms. The number of aromatic nitrogens is 4. The predicted molar refractivity (Wildman–Crippen MR) is 86.5 cm³/mol. The summed E-state index contributed by atoms with van der Waals surface area (Å²) in [6, 6.07) is 4.18. The Labute approximate surface area is 133 Å². The number of carbonyl (C=O) groups excluding carboxylic acids is 1. The normalized spacial score (nSPS) is 17.8. The van der Waals surface area contributed by atoms with Crippen LogP contribution in [0.25, 0.3) is 5.52 Å². The van der Waals surface area contributed by atoms with Crippen molar-refractivity contribution in [1.82, 2.24) is 24.3 Å². The third kappa shape index (κ3) is 2.54. The van der Waals surface area contributed by atoms with E-state index in [0.717, 1.165) is 30.8 Å². The summed E-state index contributed by atoms with van der Waals surface area (Å²) in [6.45, 7) is 1.64. The van der Waals surface area contributed by atoms with Gasteiger partial charge in [-0.15, -0.1) is 0 Å². The average molecular weight is 310 g/mol. The number of hydrogen-bond donors (Lipinski definition) is 1. The topological polar surface area (TPSA) is 67.5 Å². The maximum atomic E-state index is 12.2. The highest BCUT2D eigenvalue weighted by atomic mass is 16.2. The van der Waals surface area contributed by atoms with Gasteiger partial charge in [-0.2, -0.15) is 0 Å². The zero-order chi connectivity index (χ0) is 15.8. The number of nitrogens with one attached hydrogen (secondary N) is 1. The van der Waals surface area contributed by atoms with Gasteiger partial charge in [0.2, 0.25) is 0 Å². The molecule has 1 N–H and O–H groups in total. The second-order valence-electron chi connectivity index (χ2n) is 5.88. The lowest BCUT2D eigenvalue weighted by Crippen LogP contribution is -2.37. The van der Waals surface area contributed by atoms with Crippen LogP contribution in [-0.2, 0) is 7.05 Å². The fourth-order valence-electron chi connectivity index (χ4n) is 3.06. The Morgan fingerprint density at radius 1 is 1.35 bits per heavy atom. The van der Waals surface area contributed by atoms with E-state index in [4.69, 9.17) is 0 Å². The molecular formula is C16H18N6O. The Morgan fingerprint density at radius 2 is 2.26 bits per heavy atom. The summed E-state index contributed by atoms with van der Waals surface area (Å²) in [6.07, 6.45) is 10.0. The SMILES string of the molecule is Cn1cnc(C(=O)NC2CCN(c3nccn4cccc34)C2)c1. The van der Waals surface area contributed by atoms with Gasteiger partial charge in [-0.1, -0.05) is 0 Å². The Bertz CT molecular complexity index is 851. The van der Waals surface area contributed by atoms with E-state index in [1.807, 2.05) is 31.7 Å². The van der Waals surface area contributed by atoms with Crippen molar-refractivity contribution in [1.29, 1.82) is 0 Å². The summed E-state index contributed by atoms with van der Waals surface area (Å²) in [7, 11) is 1.85. The summed E-state index contributed by atoms with van der Waals surface area (Å²) < 4.78 is 3.83. The fraction of sp³-hybridized carbons (Fsp3) is 0.312. The lowest BCUT2D eigenvalue weighted by molar-refractivity contribution is 0.0935. The molecule has 0 bridgehead atoms. The number of nitrogens with zero attached hydrogens (tertiary/aromatic N) is 5. The van der Waals surface area contributed by atoms with Crippen molar-refractivity contribution in [3.05, 3.63) is 48.9 Å². The second-order valence-corrected chi connectivity index (χ2v) is 5.88. The van der Waals surface area contributed by atoms with Gasteiger partial charge in [0.15, 0.2) is 5.82 Å². The number of imidazole rings is 1. The molecule has 0 aromatic carbocycles. The molecule has 0 radical (unpaired) electrons. The molecule has 1 aliphatic heterocycles. The van der Waals surface area contributed by atoms with Gasteiger partial charge in [-0.25, -0.2) is 9.97 Å². The van der Waals surface area contributed by atoms with Crippen molar-refractivity contribution < 1.29 is 4.79 Å². The summed E-state index contributed by atoms with van der Waals surface area (Å²) in [4.78, 5) is 23.0. The van der Waals surface area contributed by atoms with Crippen LogP contribution in [0.4, 0.5) is 5.82 Å². The number of rotatable bonds is 3. The summed E-state index contributed by atoms with van der Waals surface area (Å²) >= 11 is 0. The molecule has 7 nitrogen and oxygen atoms in total. The van der Waals surface area contributed by atoms with Gasteiger partial charge in [0, 0.05) is 51.0 Å². The van der Waals surface area contributed by atoms with Crippen molar-refractivity contribution >= 4 is 17.2 Å². The number of anilines is 1. The minimum atomic E-state index is -0.119. The van der Waals surface area contributed by atoms with E-state index in [0.29, 0.717) is 5.69 Å². The number of fused-ring (bicyclic) bond motifs is 1. The maximum absolute atomic E-state index is 12.2. The van der Waals surface area contributed by atoms with Crippen LogP contribution in [0.1, 0.15) is 16.9 Å². The maximum Gasteiger partial charge on any atom is 0.271 e. The highest BCUT2D eigenvalue weighted by molar-refractivity contribution is 5.92. The van der Waals surface area contributed by atoms with Crippen molar-refractivity contribution in [2.45, 2.75) is 12.5 Å². The molecule has 0 saturated carbocycles. The van der Waals surface area contributed by atoms with Crippen LogP contribution in [0, 0.1) is 0 Å². The molecular weight excluding hydrogens is 292 g/mol. The first-order chi connectivity index (χ1) is 11.2. The largest absolute Gasteiger partial charge is 0.353 e. The Kier molecular flexibility index (Phi) is 3.25. The van der Waals surface area contributed by atoms with Crippen LogP contribution >= 0.6 is 0 Å². The molecule has 4 heterocycles. The number of aryl methyl sites for hydroxylation is 1. The van der Waals surface area contributed by atoms with E-state index in [1.54, 1.807) is 17.1 Å². The first-order valence-corrected chi connectivity index (χ1v) is 7.66. The zero-order valence-corrected chi connectivity index (χ0v) is 12.9. The van der Waals surface area contributed by atoms with Crippen molar-refractivity contribution in [3.8, 4) is 0 Å². The van der Waals surface area contributed by atoms with Crippen LogP contribution in [0.15, 0.2) is 43.2 Å². The number of amides is 1. The van der Waals surface area contributed by atoms with Crippen molar-refractivity contribution in [3.63, 3.8) is 0 Å². The molecule has 23 heavy (non-hydrogen) atoms. The highest BCUT2D eigenvalue weighted by Gasteiger charge is 2.26. The minimum absolute atomic E-state index is 0.113. The molecule has 3 aromatic heterocycles. The molecule has 0 spiro atoms. The van der Waals surface area contributed by atoms with Gasteiger partial charge < -0.3 is 19.2 Å². The highest BCUT2D eigenvalue weighted by Crippen LogP contribution is 2.23. The number of carbonyl (C=O) groups is 1. The monoisotopic (exact) mass is 310 g/mol. The van der Waals surface area contributed by atoms with E-state index < -0.39 is 0 Å². The zero-order valence-electron chi connectivity index (χ0n) is 12.9. The van der Waals surface area contributed by atoms with E-state index >= 15 is 0 Å². The quantitative estimate of drug-likeness (QED) is 0.786. The summed E-state index contributed by atoms with van der Waals surface area (Å²) in [5, 5.41) is 3.06. The van der Waals surface area contributed by atoms with Crippen LogP contribution in [0.2, 0.25) is 0 Å². The lowest BCUT2D eigenvalue weighted by atomic mass is 10.2. The van der Waals surface area contributed by atoms with E-state index in [9.17, 15) is 4.79 Å². The van der Waals surface area contributed by atoms with Gasteiger partial charge in [-0.05, 0) is 18.6 Å². The molecule has 1 amide bonds. The lowest BCUT2D eigenvalue weighted by Gasteiger charge is -2.18. The molecule has 3 aromatic rings. The van der Waals surface area contributed by atoms with Gasteiger partial charge >= 0.3 is 0 Å². The Morgan fingerprint density at radius 3 is 3.09 bits per heavy atom. The number of hydrogen-bond acceptors (Lipinski definition) is 4. The Hall–Kier alpha value is -2.83. The third-order valence-electron chi connectivity index (χ3n) is 4.19. The third-order valence-corrected chi connectivity index (χ3v) is 4.19. The molecule has 1 aliphatic rings. The molecule has 1 atom stereocenters. The van der Waals surface area contributed by atoms with Crippen LogP contribution < -0.4 is 10.2 Å². The standard InChI is InChI=1S/C16H18N6O/c1-20-10-13(18-11-20)16(23)19-12-4-7-22(9-12)15-14-3-2-6-21(14)8-5-17-15/h2-3,5-6,8,10-12H,4,7,9H2,1H3,(H,19,23). The molecule has 1 unspecified atom stereocenters. The molecule has 1 saturated heterocycles. The van der Waals surface area contributed by atoms with Gasteiger partial charge in [0.05, 0.1) is 11.8 Å². The van der Waals surface area contributed by atoms with Crippen molar-refractivity contribution in [2.24, 2.45) is 7.05 Å². The van der Waals surface area contributed by atoms with Gasteiger partial charge in [0.1, 0.15) is 5.69 Å². The first-order valence-electron chi connectivity index (χ1n) is 7.66. The predicted octanol–water partition coefficient (Wildman–Crippen LogP) is 1.08. The molecule has 0 aliphatic carbocycles. The Balaban J connectivity index is 1.47. The van der Waals surface area contributed by atoms with Crippen LogP contribution in [0.5, 0.6) is 0 Å². The first kappa shape index (κ1) is 13.8. The summed E-state index contributed by atoms with van der Waals surface area (Å²) in [5.74, 6) is 0.846. The van der Waals surface area contributed by atoms with E-state index in [-0.39, 0.29) is 11.9 Å². The average Bonchev–Trinajstić information content (AvgIpc) is 3.26. The van der Waals surface area contributed by atoms with E-state index in [1.165, 1.54) is 0 Å². The van der Waals surface area contributed by atoms with Crippen LogP contribution in [-0.4, -0.2) is 44.0 Å². The smallest absolute Gasteiger partial charge is 0.271 e. The van der Waals surface area contributed by atoms with Gasteiger partial charge in [-0.3, -0.25) is 4.79 Å². The minimum Gasteiger partial charge on any atom is -0.353 e. The fourth-order valence-corrected chi connectivity index (χ4v) is 3.06. The summed E-state index contributed by atoms with van der Waals surface area (Å²) in [5.41, 5.74) is 1.54. The molecule has 4 rings (SSSR count). The second kappa shape index (κ2) is 5.42. The molecule has 118 valence electrons. The van der Waals surface area contributed by atoms with E-state index in [2.05, 4.69) is 30.7 Å². The molecule has 1 fully saturated rings. The van der Waals surface area contributed by atoms with Gasteiger partial charge in [0.25, 0.3) is 5.91 Å².